The van der Waals surface area contributed by atoms with Gasteiger partial charge in [-0.05, 0) is 49.8 Å². The molecule has 0 amide bonds. The first kappa shape index (κ1) is 20.3. The number of nitrogens with one attached hydrogen (secondary N) is 1. The largest absolute Gasteiger partial charge is 0.493 e. The van der Waals surface area contributed by atoms with Crippen molar-refractivity contribution in [2.24, 2.45) is 11.7 Å². The van der Waals surface area contributed by atoms with Gasteiger partial charge in [-0.15, -0.1) is 17.5 Å². The summed E-state index contributed by atoms with van der Waals surface area (Å²) in [6.45, 7) is 0.184. The molecule has 0 unspecified atom stereocenters. The minimum absolute atomic E-state index is 0. The summed E-state index contributed by atoms with van der Waals surface area (Å²) in [4.78, 5) is 11.0. The van der Waals surface area contributed by atoms with Crippen LogP contribution in [0.15, 0.2) is 27.4 Å². The normalized spacial score (nSPS) is 20.5. The lowest BCUT2D eigenvalue weighted by atomic mass is 9.87. The molecule has 1 aliphatic rings. The number of alkyl halides is 3. The third-order valence-corrected chi connectivity index (χ3v) is 4.34. The minimum atomic E-state index is -4.55. The van der Waals surface area contributed by atoms with E-state index in [-0.39, 0.29) is 48.2 Å². The smallest absolute Gasteiger partial charge is 0.434 e. The molecule has 1 fully saturated rings. The van der Waals surface area contributed by atoms with Crippen LogP contribution in [0.4, 0.5) is 13.2 Å². The van der Waals surface area contributed by atoms with Crippen LogP contribution in [-0.2, 0) is 6.18 Å². The highest BCUT2D eigenvalue weighted by Crippen LogP contribution is 2.38. The Balaban J connectivity index is 0.00000243. The van der Waals surface area contributed by atoms with Crippen LogP contribution in [0.2, 0.25) is 0 Å². The van der Waals surface area contributed by atoms with E-state index in [2.05, 4.69) is 10.2 Å². The summed E-state index contributed by atoms with van der Waals surface area (Å²) >= 11 is 0. The van der Waals surface area contributed by atoms with Crippen molar-refractivity contribution in [2.75, 3.05) is 6.61 Å². The first-order chi connectivity index (χ1) is 11.8. The number of H-pyrrole nitrogens is 1. The Morgan fingerprint density at radius 1 is 1.27 bits per heavy atom. The average molecular weight is 394 g/mol. The fourth-order valence-corrected chi connectivity index (χ4v) is 2.92. The van der Waals surface area contributed by atoms with E-state index in [4.69, 9.17) is 14.9 Å². The fourth-order valence-electron chi connectivity index (χ4n) is 2.92. The fraction of sp³-hybridized carbons (Fsp3) is 0.500. The molecule has 3 N–H and O–H groups in total. The van der Waals surface area contributed by atoms with E-state index in [0.29, 0.717) is 0 Å². The van der Waals surface area contributed by atoms with Crippen LogP contribution in [-0.4, -0.2) is 22.8 Å². The second-order valence-electron chi connectivity index (χ2n) is 6.22. The first-order valence-electron chi connectivity index (χ1n) is 7.98. The molecular formula is C16H19ClF3N3O3. The van der Waals surface area contributed by atoms with Gasteiger partial charge in [0.1, 0.15) is 5.75 Å². The van der Waals surface area contributed by atoms with E-state index in [1.54, 1.807) is 0 Å². The number of nitrogens with zero attached hydrogens (tertiary/aromatic N) is 1. The van der Waals surface area contributed by atoms with Crippen molar-refractivity contribution in [3.8, 4) is 17.2 Å². The highest BCUT2D eigenvalue weighted by Gasteiger charge is 2.35. The van der Waals surface area contributed by atoms with Crippen molar-refractivity contribution in [3.63, 3.8) is 0 Å². The van der Waals surface area contributed by atoms with Crippen LogP contribution in [0.3, 0.4) is 0 Å². The van der Waals surface area contributed by atoms with Gasteiger partial charge < -0.3 is 14.9 Å². The van der Waals surface area contributed by atoms with E-state index >= 15 is 0 Å². The molecule has 1 heterocycles. The van der Waals surface area contributed by atoms with Gasteiger partial charge in [-0.2, -0.15) is 13.2 Å². The molecule has 1 aromatic carbocycles. The molecule has 3 rings (SSSR count). The molecule has 144 valence electrons. The van der Waals surface area contributed by atoms with Gasteiger partial charge in [0, 0.05) is 11.6 Å². The Bertz CT molecular complexity index is 783. The lowest BCUT2D eigenvalue weighted by molar-refractivity contribution is -0.139. The van der Waals surface area contributed by atoms with Gasteiger partial charge in [0.2, 0.25) is 5.89 Å². The molecule has 0 atom stereocenters. The zero-order valence-corrected chi connectivity index (χ0v) is 14.5. The maximum atomic E-state index is 13.2. The molecule has 10 heteroatoms. The summed E-state index contributed by atoms with van der Waals surface area (Å²) in [7, 11) is 0. The SMILES string of the molecule is Cl.NC1CCC(COc2cc(-c3n[nH]c(=O)o3)ccc2C(F)(F)F)CC1. The quantitative estimate of drug-likeness (QED) is 0.830. The maximum Gasteiger partial charge on any atom is 0.434 e. The zero-order valence-electron chi connectivity index (χ0n) is 13.7. The molecule has 0 radical (unpaired) electrons. The third-order valence-electron chi connectivity index (χ3n) is 4.34. The van der Waals surface area contributed by atoms with Crippen molar-refractivity contribution in [2.45, 2.75) is 37.9 Å². The number of nitrogens with two attached hydrogens (primary N) is 1. The highest BCUT2D eigenvalue weighted by atomic mass is 35.5. The number of benzene rings is 1. The van der Waals surface area contributed by atoms with Crippen LogP contribution < -0.4 is 16.2 Å². The summed E-state index contributed by atoms with van der Waals surface area (Å²) in [5, 5.41) is 5.69. The molecule has 6 nitrogen and oxygen atoms in total. The Hall–Kier alpha value is -2.00. The lowest BCUT2D eigenvalue weighted by Crippen LogP contribution is -2.29. The van der Waals surface area contributed by atoms with Crippen molar-refractivity contribution in [1.82, 2.24) is 10.2 Å². The van der Waals surface area contributed by atoms with Gasteiger partial charge in [-0.3, -0.25) is 0 Å². The molecule has 0 bridgehead atoms. The van der Waals surface area contributed by atoms with Crippen LogP contribution >= 0.6 is 12.4 Å². The average Bonchev–Trinajstić information content (AvgIpc) is 3.00. The molecule has 26 heavy (non-hydrogen) atoms. The molecule has 2 aromatic rings. The monoisotopic (exact) mass is 393 g/mol. The number of rotatable bonds is 4. The van der Waals surface area contributed by atoms with Gasteiger partial charge in [-0.1, -0.05) is 0 Å². The molecule has 1 aliphatic carbocycles. The van der Waals surface area contributed by atoms with Crippen LogP contribution in [0.5, 0.6) is 5.75 Å². The first-order valence-corrected chi connectivity index (χ1v) is 7.98. The Morgan fingerprint density at radius 3 is 2.54 bits per heavy atom. The summed E-state index contributed by atoms with van der Waals surface area (Å²) in [5.74, 6) is -0.999. The van der Waals surface area contributed by atoms with Crippen LogP contribution in [0.25, 0.3) is 11.5 Å². The van der Waals surface area contributed by atoms with E-state index in [1.807, 2.05) is 0 Å². The van der Waals surface area contributed by atoms with E-state index < -0.39 is 17.5 Å². The number of ether oxygens (including phenoxy) is 1. The lowest BCUT2D eigenvalue weighted by Gasteiger charge is -2.26. The predicted octanol–water partition coefficient (Wildman–Crippen LogP) is 3.37. The Kier molecular flexibility index (Phi) is 6.35. The van der Waals surface area contributed by atoms with Crippen molar-refractivity contribution >= 4 is 12.4 Å². The summed E-state index contributed by atoms with van der Waals surface area (Å²) < 4.78 is 49.9. The molecule has 0 spiro atoms. The van der Waals surface area contributed by atoms with Crippen molar-refractivity contribution < 1.29 is 22.3 Å². The number of aromatic amines is 1. The topological polar surface area (TPSA) is 94.1 Å². The molecule has 1 aromatic heterocycles. The van der Waals surface area contributed by atoms with Gasteiger partial charge in [0.15, 0.2) is 0 Å². The van der Waals surface area contributed by atoms with E-state index in [0.717, 1.165) is 31.7 Å². The number of halogens is 4. The third kappa shape index (κ3) is 4.79. The number of aromatic nitrogens is 2. The summed E-state index contributed by atoms with van der Waals surface area (Å²) in [5.41, 5.74) is 5.19. The summed E-state index contributed by atoms with van der Waals surface area (Å²) in [6, 6.07) is 3.44. The van der Waals surface area contributed by atoms with Gasteiger partial charge in [-0.25, -0.2) is 9.89 Å². The van der Waals surface area contributed by atoms with E-state index in [9.17, 15) is 18.0 Å². The molecular weight excluding hydrogens is 375 g/mol. The van der Waals surface area contributed by atoms with Gasteiger partial charge in [0.25, 0.3) is 0 Å². The Morgan fingerprint density at radius 2 is 1.96 bits per heavy atom. The van der Waals surface area contributed by atoms with Gasteiger partial charge in [0.05, 0.1) is 12.2 Å². The van der Waals surface area contributed by atoms with Crippen molar-refractivity contribution in [1.29, 1.82) is 0 Å². The molecule has 0 saturated heterocycles. The standard InChI is InChI=1S/C16H18F3N3O3.ClH/c17-16(18,19)12-6-3-10(14-21-22-15(23)25-14)7-13(12)24-8-9-1-4-11(20)5-2-9;/h3,6-7,9,11H,1-2,4-5,8,20H2,(H,22,23);1H. The van der Waals surface area contributed by atoms with Crippen molar-refractivity contribution in [3.05, 3.63) is 34.3 Å². The summed E-state index contributed by atoms with van der Waals surface area (Å²) in [6.07, 6.45) is -1.20. The molecule has 1 saturated carbocycles. The predicted molar refractivity (Wildman–Crippen MR) is 90.2 cm³/mol. The number of hydrogen-bond acceptors (Lipinski definition) is 5. The Labute approximate surface area is 153 Å². The maximum absolute atomic E-state index is 13.2. The highest BCUT2D eigenvalue weighted by molar-refractivity contribution is 5.85. The van der Waals surface area contributed by atoms with Gasteiger partial charge >= 0.3 is 11.9 Å². The minimum Gasteiger partial charge on any atom is -0.493 e. The number of hydrogen-bond donors (Lipinski definition) is 2. The molecule has 0 aliphatic heterocycles. The zero-order chi connectivity index (χ0) is 18.0. The second kappa shape index (κ2) is 8.13. The second-order valence-corrected chi connectivity index (χ2v) is 6.22. The van der Waals surface area contributed by atoms with E-state index in [1.165, 1.54) is 12.1 Å². The van der Waals surface area contributed by atoms with Crippen LogP contribution in [0.1, 0.15) is 31.2 Å². The van der Waals surface area contributed by atoms with Crippen LogP contribution in [0, 0.1) is 5.92 Å².